The van der Waals surface area contributed by atoms with Crippen LogP contribution in [-0.4, -0.2) is 23.8 Å². The van der Waals surface area contributed by atoms with Crippen molar-refractivity contribution < 1.29 is 4.79 Å². The fourth-order valence-electron chi connectivity index (χ4n) is 3.14. The maximum absolute atomic E-state index is 12.0. The van der Waals surface area contributed by atoms with E-state index in [1.807, 2.05) is 36.6 Å². The molecule has 0 amide bonds. The molecule has 0 aromatic heterocycles. The molecule has 3 aliphatic rings. The van der Waals surface area contributed by atoms with Gasteiger partial charge >= 0.3 is 0 Å². The van der Waals surface area contributed by atoms with Gasteiger partial charge in [-0.2, -0.15) is 0 Å². The molecular weight excluding hydrogens is 272 g/mol. The van der Waals surface area contributed by atoms with Crippen molar-refractivity contribution in [1.29, 1.82) is 0 Å². The summed E-state index contributed by atoms with van der Waals surface area (Å²) in [6.07, 6.45) is 6.31. The molecule has 20 heavy (non-hydrogen) atoms. The highest BCUT2D eigenvalue weighted by molar-refractivity contribution is 6.35. The second kappa shape index (κ2) is 4.00. The third-order valence-electron chi connectivity index (χ3n) is 4.07. The zero-order chi connectivity index (χ0) is 13.7. The number of carbonyl (C=O) groups excluding carboxylic acids is 1. The molecule has 2 heterocycles. The fourth-order valence-corrected chi connectivity index (χ4v) is 3.45. The molecule has 0 radical (unpaired) electrons. The van der Waals surface area contributed by atoms with Crippen LogP contribution in [0.1, 0.15) is 24.0 Å². The lowest BCUT2D eigenvalue weighted by molar-refractivity contribution is -0.119. The Bertz CT molecular complexity index is 757. The third-order valence-corrected chi connectivity index (χ3v) is 4.36. The number of fused-ring (bicyclic) bond motifs is 2. The topological polar surface area (TPSA) is 41.8 Å². The van der Waals surface area contributed by atoms with Crippen LogP contribution < -0.4 is 0 Å². The molecule has 1 spiro atoms. The Morgan fingerprint density at radius 3 is 2.95 bits per heavy atom. The van der Waals surface area contributed by atoms with Crippen LogP contribution in [0.25, 0.3) is 5.57 Å². The minimum absolute atomic E-state index is 0.183. The van der Waals surface area contributed by atoms with Gasteiger partial charge in [-0.15, -0.1) is 0 Å². The van der Waals surface area contributed by atoms with Crippen LogP contribution in [0.15, 0.2) is 51.1 Å². The number of rotatable bonds is 0. The summed E-state index contributed by atoms with van der Waals surface area (Å²) >= 11 is 6.35. The van der Waals surface area contributed by atoms with E-state index < -0.39 is 5.54 Å². The molecule has 0 N–H and O–H groups in total. The van der Waals surface area contributed by atoms with Crippen LogP contribution >= 0.6 is 11.6 Å². The van der Waals surface area contributed by atoms with Gasteiger partial charge in [-0.1, -0.05) is 41.9 Å². The number of benzene rings is 1. The Morgan fingerprint density at radius 2 is 2.05 bits per heavy atom. The molecular formula is C16H11ClN2O. The number of ketones is 1. The third kappa shape index (κ3) is 1.44. The molecule has 3 nitrogen and oxygen atoms in total. The van der Waals surface area contributed by atoms with Gasteiger partial charge < -0.3 is 0 Å². The Balaban J connectivity index is 2.06. The van der Waals surface area contributed by atoms with E-state index in [0.29, 0.717) is 18.0 Å². The Kier molecular flexibility index (Phi) is 2.36. The number of halogens is 1. The van der Waals surface area contributed by atoms with E-state index in [-0.39, 0.29) is 5.78 Å². The highest BCUT2D eigenvalue weighted by Crippen LogP contribution is 2.49. The molecule has 2 aliphatic heterocycles. The summed E-state index contributed by atoms with van der Waals surface area (Å²) in [5.74, 6) is 0.183. The number of aliphatic imine (C=N–C) groups is 2. The zero-order valence-electron chi connectivity index (χ0n) is 10.6. The molecule has 1 aliphatic carbocycles. The number of Topliss-reactive ketones (excluding diaryl/α,β-unsaturated/α-hetero) is 1. The average molecular weight is 283 g/mol. The number of hydrogen-bond donors (Lipinski definition) is 0. The van der Waals surface area contributed by atoms with Crippen molar-refractivity contribution in [2.75, 3.05) is 0 Å². The molecule has 4 heteroatoms. The minimum atomic E-state index is -0.664. The van der Waals surface area contributed by atoms with Crippen LogP contribution in [0, 0.1) is 0 Å². The molecule has 0 saturated carbocycles. The van der Waals surface area contributed by atoms with Gasteiger partial charge in [-0.05, 0) is 11.1 Å². The maximum Gasteiger partial charge on any atom is 0.139 e. The summed E-state index contributed by atoms with van der Waals surface area (Å²) in [5, 5.41) is 0.432. The fraction of sp³-hybridized carbons (Fsp3) is 0.188. The van der Waals surface area contributed by atoms with Crippen molar-refractivity contribution in [2.24, 2.45) is 9.98 Å². The van der Waals surface area contributed by atoms with Crippen molar-refractivity contribution in [1.82, 2.24) is 0 Å². The predicted molar refractivity (Wildman–Crippen MR) is 80.4 cm³/mol. The van der Waals surface area contributed by atoms with Gasteiger partial charge in [0.1, 0.15) is 16.5 Å². The van der Waals surface area contributed by atoms with Crippen LogP contribution in [0.3, 0.4) is 0 Å². The first-order valence-electron chi connectivity index (χ1n) is 6.52. The lowest BCUT2D eigenvalue weighted by Crippen LogP contribution is -2.41. The second-order valence-electron chi connectivity index (χ2n) is 5.21. The molecule has 4 rings (SSSR count). The van der Waals surface area contributed by atoms with Crippen LogP contribution in [-0.2, 0) is 4.79 Å². The largest absolute Gasteiger partial charge is 0.299 e. The first kappa shape index (κ1) is 11.8. The summed E-state index contributed by atoms with van der Waals surface area (Å²) in [5.41, 5.74) is 3.20. The van der Waals surface area contributed by atoms with E-state index in [1.165, 1.54) is 0 Å². The highest BCUT2D eigenvalue weighted by atomic mass is 35.5. The van der Waals surface area contributed by atoms with Crippen LogP contribution in [0.4, 0.5) is 0 Å². The molecule has 1 atom stereocenters. The predicted octanol–water partition coefficient (Wildman–Crippen LogP) is 3.14. The van der Waals surface area contributed by atoms with E-state index in [1.54, 1.807) is 6.21 Å². The summed E-state index contributed by atoms with van der Waals surface area (Å²) in [6.45, 7) is 0. The number of nitrogens with zero attached hydrogens (tertiary/aromatic N) is 2. The summed E-state index contributed by atoms with van der Waals surface area (Å²) in [6, 6.07) is 7.94. The standard InChI is InChI=1S/C16H11ClN2O/c17-15-14-13-4-2-1-3-10(13)8-19-16(14)7-12(20)6-5-11(16)9-18-15/h1-5,8-9H,6-7H2. The monoisotopic (exact) mass is 282 g/mol. The van der Waals surface area contributed by atoms with Gasteiger partial charge in [0.15, 0.2) is 0 Å². The first-order chi connectivity index (χ1) is 9.71. The van der Waals surface area contributed by atoms with Gasteiger partial charge in [0, 0.05) is 36.4 Å². The van der Waals surface area contributed by atoms with E-state index in [4.69, 9.17) is 16.6 Å². The van der Waals surface area contributed by atoms with E-state index >= 15 is 0 Å². The summed E-state index contributed by atoms with van der Waals surface area (Å²) in [4.78, 5) is 20.9. The van der Waals surface area contributed by atoms with Crippen molar-refractivity contribution in [2.45, 2.75) is 18.4 Å². The average Bonchev–Trinajstić information content (AvgIpc) is 2.46. The van der Waals surface area contributed by atoms with Crippen molar-refractivity contribution in [3.63, 3.8) is 0 Å². The molecule has 1 aromatic carbocycles. The minimum Gasteiger partial charge on any atom is -0.299 e. The number of carbonyl (C=O) groups is 1. The number of allylic oxidation sites excluding steroid dienone is 1. The van der Waals surface area contributed by atoms with Crippen LogP contribution in [0.5, 0.6) is 0 Å². The maximum atomic E-state index is 12.0. The second-order valence-corrected chi connectivity index (χ2v) is 5.57. The quantitative estimate of drug-likeness (QED) is 0.674. The SMILES string of the molecule is O=C1CC=C2C=NC(Cl)=C3c4ccccc4C=NC23C1. The molecule has 0 bridgehead atoms. The zero-order valence-corrected chi connectivity index (χ0v) is 11.4. The summed E-state index contributed by atoms with van der Waals surface area (Å²) < 4.78 is 0. The van der Waals surface area contributed by atoms with Gasteiger partial charge in [0.2, 0.25) is 0 Å². The summed E-state index contributed by atoms with van der Waals surface area (Å²) in [7, 11) is 0. The van der Waals surface area contributed by atoms with E-state index in [9.17, 15) is 4.79 Å². The van der Waals surface area contributed by atoms with Gasteiger partial charge in [-0.3, -0.25) is 9.79 Å². The van der Waals surface area contributed by atoms with E-state index in [0.717, 1.165) is 22.3 Å². The molecule has 0 fully saturated rings. The molecule has 1 aromatic rings. The van der Waals surface area contributed by atoms with Gasteiger partial charge in [0.05, 0.1) is 0 Å². The Morgan fingerprint density at radius 1 is 1.20 bits per heavy atom. The van der Waals surface area contributed by atoms with E-state index in [2.05, 4.69) is 4.99 Å². The van der Waals surface area contributed by atoms with Crippen molar-refractivity contribution in [3.8, 4) is 0 Å². The Labute approximate surface area is 121 Å². The Hall–Kier alpha value is -2.00. The van der Waals surface area contributed by atoms with Gasteiger partial charge in [0.25, 0.3) is 0 Å². The molecule has 98 valence electrons. The van der Waals surface area contributed by atoms with Gasteiger partial charge in [-0.25, -0.2) is 4.99 Å². The lowest BCUT2D eigenvalue weighted by Gasteiger charge is -2.40. The first-order valence-corrected chi connectivity index (χ1v) is 6.90. The normalized spacial score (nSPS) is 26.9. The van der Waals surface area contributed by atoms with Crippen LogP contribution in [0.2, 0.25) is 0 Å². The van der Waals surface area contributed by atoms with Crippen molar-refractivity contribution in [3.05, 3.63) is 52.2 Å². The number of hydrogen-bond acceptors (Lipinski definition) is 3. The molecule has 0 saturated heterocycles. The highest BCUT2D eigenvalue weighted by Gasteiger charge is 2.46. The van der Waals surface area contributed by atoms with Crippen molar-refractivity contribution >= 4 is 35.4 Å². The molecule has 1 unspecified atom stereocenters. The smallest absolute Gasteiger partial charge is 0.139 e. The lowest BCUT2D eigenvalue weighted by atomic mass is 9.70.